The Kier molecular flexibility index (Phi) is 1.75. The van der Waals surface area contributed by atoms with Gasteiger partial charge in [-0.3, -0.25) is 0 Å². The van der Waals surface area contributed by atoms with Gasteiger partial charge in [0, 0.05) is 18.7 Å². The van der Waals surface area contributed by atoms with Gasteiger partial charge in [-0.1, -0.05) is 18.2 Å². The van der Waals surface area contributed by atoms with Gasteiger partial charge in [0.1, 0.15) is 6.17 Å². The Morgan fingerprint density at radius 2 is 2.33 bits per heavy atom. The molecule has 2 heteroatoms. The predicted molar refractivity (Wildman–Crippen MR) is 48.3 cm³/mol. The third kappa shape index (κ3) is 1.17. The van der Waals surface area contributed by atoms with Crippen molar-refractivity contribution in [2.24, 2.45) is 0 Å². The summed E-state index contributed by atoms with van der Waals surface area (Å²) in [5.41, 5.74) is 3.44. The van der Waals surface area contributed by atoms with Crippen LogP contribution in [-0.4, -0.2) is 12.7 Å². The summed E-state index contributed by atoms with van der Waals surface area (Å²) in [6.07, 6.45) is -0.163. The van der Waals surface area contributed by atoms with E-state index in [0.29, 0.717) is 13.0 Å². The average molecular weight is 165 g/mol. The summed E-state index contributed by atoms with van der Waals surface area (Å²) in [6.45, 7) is 2.50. The number of fused-ring (bicyclic) bond motifs is 1. The van der Waals surface area contributed by atoms with Gasteiger partial charge in [-0.2, -0.15) is 0 Å². The fraction of sp³-hybridized carbons (Fsp3) is 0.400. The van der Waals surface area contributed by atoms with Crippen molar-refractivity contribution in [3.63, 3.8) is 0 Å². The number of alkyl halides is 1. The van der Waals surface area contributed by atoms with Gasteiger partial charge in [0.05, 0.1) is 0 Å². The van der Waals surface area contributed by atoms with E-state index in [1.54, 1.807) is 0 Å². The van der Waals surface area contributed by atoms with Crippen LogP contribution in [-0.2, 0) is 6.42 Å². The first-order valence-electron chi connectivity index (χ1n) is 4.24. The molecule has 1 aliphatic heterocycles. The van der Waals surface area contributed by atoms with Crippen molar-refractivity contribution < 1.29 is 4.39 Å². The maximum atomic E-state index is 12.9. The van der Waals surface area contributed by atoms with Crippen LogP contribution in [0.25, 0.3) is 0 Å². The van der Waals surface area contributed by atoms with Gasteiger partial charge in [0.25, 0.3) is 0 Å². The largest absolute Gasteiger partial charge is 0.382 e. The van der Waals surface area contributed by atoms with Crippen molar-refractivity contribution >= 4 is 5.69 Å². The molecule has 12 heavy (non-hydrogen) atoms. The smallest absolute Gasteiger partial charge is 0.121 e. The lowest BCUT2D eigenvalue weighted by atomic mass is 9.99. The molecular weight excluding hydrogens is 153 g/mol. The second kappa shape index (κ2) is 2.77. The molecule has 0 amide bonds. The highest BCUT2D eigenvalue weighted by atomic mass is 19.1. The van der Waals surface area contributed by atoms with Crippen molar-refractivity contribution in [3.05, 3.63) is 29.3 Å². The summed E-state index contributed by atoms with van der Waals surface area (Å²) in [4.78, 5) is 0. The minimum atomic E-state index is -0.723. The lowest BCUT2D eigenvalue weighted by molar-refractivity contribution is 0.342. The summed E-state index contributed by atoms with van der Waals surface area (Å²) < 4.78 is 12.9. The van der Waals surface area contributed by atoms with E-state index in [4.69, 9.17) is 0 Å². The first-order chi connectivity index (χ1) is 5.77. The lowest BCUT2D eigenvalue weighted by Gasteiger charge is -2.22. The minimum absolute atomic E-state index is 0.456. The van der Waals surface area contributed by atoms with Crippen LogP contribution < -0.4 is 5.32 Å². The van der Waals surface area contributed by atoms with Gasteiger partial charge in [0.15, 0.2) is 0 Å². The molecular formula is C10H12FN. The fourth-order valence-electron chi connectivity index (χ4n) is 1.68. The van der Waals surface area contributed by atoms with Crippen LogP contribution in [0.15, 0.2) is 18.2 Å². The summed E-state index contributed by atoms with van der Waals surface area (Å²) in [5, 5.41) is 3.11. The van der Waals surface area contributed by atoms with E-state index < -0.39 is 6.17 Å². The highest BCUT2D eigenvalue weighted by Gasteiger charge is 2.17. The van der Waals surface area contributed by atoms with E-state index in [0.717, 1.165) is 11.3 Å². The molecule has 1 N–H and O–H groups in total. The molecule has 0 spiro atoms. The summed E-state index contributed by atoms with van der Waals surface area (Å²) in [7, 11) is 0. The minimum Gasteiger partial charge on any atom is -0.382 e. The molecule has 1 aromatic carbocycles. The summed E-state index contributed by atoms with van der Waals surface area (Å²) in [5.74, 6) is 0. The number of rotatable bonds is 0. The zero-order valence-electron chi connectivity index (χ0n) is 7.10. The Hall–Kier alpha value is -1.05. The molecule has 1 nitrogen and oxygen atoms in total. The number of anilines is 1. The van der Waals surface area contributed by atoms with E-state index in [1.165, 1.54) is 5.56 Å². The molecule has 64 valence electrons. The van der Waals surface area contributed by atoms with Gasteiger partial charge in [0.2, 0.25) is 0 Å². The van der Waals surface area contributed by atoms with Crippen LogP contribution in [0.1, 0.15) is 11.1 Å². The highest BCUT2D eigenvalue weighted by Crippen LogP contribution is 2.26. The van der Waals surface area contributed by atoms with Gasteiger partial charge in [-0.25, -0.2) is 4.39 Å². The van der Waals surface area contributed by atoms with E-state index >= 15 is 0 Å². The standard InChI is InChI=1S/C10H12FN/c1-7-3-2-4-8-5-9(11)6-12-10(7)8/h2-4,9,12H,5-6H2,1H3. The first-order valence-corrected chi connectivity index (χ1v) is 4.24. The monoisotopic (exact) mass is 165 g/mol. The zero-order chi connectivity index (χ0) is 8.55. The molecule has 0 fully saturated rings. The van der Waals surface area contributed by atoms with Crippen LogP contribution in [0.4, 0.5) is 10.1 Å². The molecule has 0 saturated heterocycles. The lowest BCUT2D eigenvalue weighted by Crippen LogP contribution is -2.24. The molecule has 1 heterocycles. The SMILES string of the molecule is Cc1cccc2c1NCC(F)C2. The maximum absolute atomic E-state index is 12.9. The number of hydrogen-bond acceptors (Lipinski definition) is 1. The third-order valence-electron chi connectivity index (χ3n) is 2.30. The Labute approximate surface area is 71.6 Å². The Morgan fingerprint density at radius 1 is 1.50 bits per heavy atom. The van der Waals surface area contributed by atoms with E-state index in [-0.39, 0.29) is 0 Å². The normalized spacial score (nSPS) is 21.3. The second-order valence-electron chi connectivity index (χ2n) is 3.29. The van der Waals surface area contributed by atoms with E-state index in [9.17, 15) is 4.39 Å². The molecule has 0 aromatic heterocycles. The zero-order valence-corrected chi connectivity index (χ0v) is 7.10. The Balaban J connectivity index is 2.42. The maximum Gasteiger partial charge on any atom is 0.121 e. The fourth-order valence-corrected chi connectivity index (χ4v) is 1.68. The number of benzene rings is 1. The number of halogens is 1. The molecule has 1 unspecified atom stereocenters. The Morgan fingerprint density at radius 3 is 3.17 bits per heavy atom. The van der Waals surface area contributed by atoms with Crippen molar-refractivity contribution in [1.82, 2.24) is 0 Å². The summed E-state index contributed by atoms with van der Waals surface area (Å²) >= 11 is 0. The van der Waals surface area contributed by atoms with Gasteiger partial charge < -0.3 is 5.32 Å². The number of nitrogens with one attached hydrogen (secondary N) is 1. The third-order valence-corrected chi connectivity index (χ3v) is 2.30. The number of aryl methyl sites for hydroxylation is 1. The molecule has 0 saturated carbocycles. The average Bonchev–Trinajstić information content (AvgIpc) is 2.04. The molecule has 0 aliphatic carbocycles. The van der Waals surface area contributed by atoms with Crippen molar-refractivity contribution in [3.8, 4) is 0 Å². The van der Waals surface area contributed by atoms with E-state index in [2.05, 4.69) is 5.32 Å². The molecule has 0 radical (unpaired) electrons. The summed E-state index contributed by atoms with van der Waals surface area (Å²) in [6, 6.07) is 6.01. The molecule has 0 bridgehead atoms. The van der Waals surface area contributed by atoms with Crippen molar-refractivity contribution in [1.29, 1.82) is 0 Å². The number of para-hydroxylation sites is 1. The van der Waals surface area contributed by atoms with Crippen molar-refractivity contribution in [2.45, 2.75) is 19.5 Å². The van der Waals surface area contributed by atoms with Crippen LogP contribution in [0.5, 0.6) is 0 Å². The van der Waals surface area contributed by atoms with Crippen LogP contribution in [0, 0.1) is 6.92 Å². The molecule has 1 aliphatic rings. The second-order valence-corrected chi connectivity index (χ2v) is 3.29. The van der Waals surface area contributed by atoms with Gasteiger partial charge in [-0.15, -0.1) is 0 Å². The molecule has 1 atom stereocenters. The van der Waals surface area contributed by atoms with Crippen LogP contribution >= 0.6 is 0 Å². The molecule has 2 rings (SSSR count). The van der Waals surface area contributed by atoms with Crippen LogP contribution in [0.2, 0.25) is 0 Å². The van der Waals surface area contributed by atoms with E-state index in [1.807, 2.05) is 25.1 Å². The predicted octanol–water partition coefficient (Wildman–Crippen LogP) is 2.30. The quantitative estimate of drug-likeness (QED) is 0.622. The van der Waals surface area contributed by atoms with Crippen molar-refractivity contribution in [2.75, 3.05) is 11.9 Å². The molecule has 1 aromatic rings. The number of hydrogen-bond donors (Lipinski definition) is 1. The van der Waals surface area contributed by atoms with Gasteiger partial charge >= 0.3 is 0 Å². The Bertz CT molecular complexity index is 296. The topological polar surface area (TPSA) is 12.0 Å². The first kappa shape index (κ1) is 7.59. The van der Waals surface area contributed by atoms with Gasteiger partial charge in [-0.05, 0) is 18.1 Å². The van der Waals surface area contributed by atoms with Crippen LogP contribution in [0.3, 0.4) is 0 Å². The highest BCUT2D eigenvalue weighted by molar-refractivity contribution is 5.59.